The summed E-state index contributed by atoms with van der Waals surface area (Å²) in [5.41, 5.74) is 2.46. The molecule has 146 valence electrons. The number of fused-ring (bicyclic) bond motifs is 1. The molecule has 0 bridgehead atoms. The summed E-state index contributed by atoms with van der Waals surface area (Å²) in [4.78, 5) is 0. The Morgan fingerprint density at radius 2 is 1.89 bits per heavy atom. The van der Waals surface area contributed by atoms with Gasteiger partial charge < -0.3 is 0 Å². The number of halogens is 1. The Balaban J connectivity index is 1.83. The van der Waals surface area contributed by atoms with Crippen LogP contribution < -0.4 is 9.03 Å². The zero-order valence-electron chi connectivity index (χ0n) is 14.9. The van der Waals surface area contributed by atoms with Gasteiger partial charge in [-0.1, -0.05) is 23.7 Å². The SMILES string of the molecule is CCS(=O)(=O)N1CCCc2cc(NS(=O)(=O)Cc3cccc(Cl)c3)ccc21. The van der Waals surface area contributed by atoms with Gasteiger partial charge in [0, 0.05) is 17.3 Å². The molecule has 0 unspecified atom stereocenters. The van der Waals surface area contributed by atoms with Crippen molar-refractivity contribution in [1.29, 1.82) is 0 Å². The topological polar surface area (TPSA) is 83.6 Å². The molecule has 0 spiro atoms. The van der Waals surface area contributed by atoms with Crippen LogP contribution in [-0.2, 0) is 32.2 Å². The molecule has 0 aliphatic carbocycles. The van der Waals surface area contributed by atoms with E-state index in [4.69, 9.17) is 11.6 Å². The van der Waals surface area contributed by atoms with Crippen molar-refractivity contribution in [2.45, 2.75) is 25.5 Å². The van der Waals surface area contributed by atoms with Gasteiger partial charge in [0.15, 0.2) is 0 Å². The van der Waals surface area contributed by atoms with Gasteiger partial charge in [-0.05, 0) is 61.2 Å². The maximum absolute atomic E-state index is 12.5. The predicted molar refractivity (Wildman–Crippen MR) is 109 cm³/mol. The van der Waals surface area contributed by atoms with Crippen molar-refractivity contribution < 1.29 is 16.8 Å². The first-order valence-corrected chi connectivity index (χ1v) is 12.2. The molecule has 0 saturated carbocycles. The first-order valence-electron chi connectivity index (χ1n) is 8.58. The Bertz CT molecular complexity index is 1050. The third-order valence-corrected chi connectivity index (χ3v) is 7.65. The van der Waals surface area contributed by atoms with Gasteiger partial charge >= 0.3 is 0 Å². The van der Waals surface area contributed by atoms with Gasteiger partial charge in [0.25, 0.3) is 0 Å². The number of nitrogens with zero attached hydrogens (tertiary/aromatic N) is 1. The Hall–Kier alpha value is -1.77. The molecule has 0 saturated heterocycles. The molecule has 0 atom stereocenters. The summed E-state index contributed by atoms with van der Waals surface area (Å²) in [6.45, 7) is 2.06. The standard InChI is InChI=1S/C18H21ClN2O4S2/c1-2-27(24,25)21-10-4-6-15-12-17(8-9-18(15)21)20-26(22,23)13-14-5-3-7-16(19)11-14/h3,5,7-9,11-12,20H,2,4,6,10,13H2,1H3. The van der Waals surface area contributed by atoms with E-state index in [9.17, 15) is 16.8 Å². The Morgan fingerprint density at radius 3 is 2.59 bits per heavy atom. The van der Waals surface area contributed by atoms with Gasteiger partial charge in [-0.25, -0.2) is 16.8 Å². The van der Waals surface area contributed by atoms with Crippen LogP contribution in [0.2, 0.25) is 5.02 Å². The number of hydrogen-bond acceptors (Lipinski definition) is 4. The van der Waals surface area contributed by atoms with Crippen LogP contribution >= 0.6 is 11.6 Å². The first kappa shape index (κ1) is 20.0. The molecule has 3 rings (SSSR count). The monoisotopic (exact) mass is 428 g/mol. The maximum Gasteiger partial charge on any atom is 0.236 e. The van der Waals surface area contributed by atoms with E-state index in [0.717, 1.165) is 5.56 Å². The highest BCUT2D eigenvalue weighted by Gasteiger charge is 2.26. The minimum absolute atomic E-state index is 0.0282. The summed E-state index contributed by atoms with van der Waals surface area (Å²) in [7, 11) is -6.96. The van der Waals surface area contributed by atoms with Crippen LogP contribution in [0, 0.1) is 0 Å². The second kappa shape index (κ2) is 7.69. The lowest BCUT2D eigenvalue weighted by Gasteiger charge is -2.30. The lowest BCUT2D eigenvalue weighted by molar-refractivity contribution is 0.587. The molecule has 1 N–H and O–H groups in total. The van der Waals surface area contributed by atoms with Crippen molar-refractivity contribution in [3.05, 3.63) is 58.6 Å². The Kier molecular flexibility index (Phi) is 5.69. The fourth-order valence-electron chi connectivity index (χ4n) is 3.13. The van der Waals surface area contributed by atoms with Crippen molar-refractivity contribution in [2.75, 3.05) is 21.3 Å². The third-order valence-electron chi connectivity index (χ3n) is 4.38. The highest BCUT2D eigenvalue weighted by molar-refractivity contribution is 7.92. The number of rotatable bonds is 6. The molecule has 0 amide bonds. The summed E-state index contributed by atoms with van der Waals surface area (Å²) in [6, 6.07) is 11.7. The van der Waals surface area contributed by atoms with E-state index in [0.29, 0.717) is 41.3 Å². The molecule has 2 aromatic rings. The molecule has 27 heavy (non-hydrogen) atoms. The Labute approximate surface area is 165 Å². The minimum Gasteiger partial charge on any atom is -0.283 e. The second-order valence-corrected chi connectivity index (χ2v) is 10.8. The van der Waals surface area contributed by atoms with Crippen molar-refractivity contribution in [3.8, 4) is 0 Å². The predicted octanol–water partition coefficient (Wildman–Crippen LogP) is 3.38. The summed E-state index contributed by atoms with van der Waals surface area (Å²) in [5.74, 6) is -0.165. The Morgan fingerprint density at radius 1 is 1.11 bits per heavy atom. The zero-order chi connectivity index (χ0) is 19.7. The van der Waals surface area contributed by atoms with E-state index in [2.05, 4.69) is 4.72 Å². The fraction of sp³-hybridized carbons (Fsp3) is 0.333. The lowest BCUT2D eigenvalue weighted by atomic mass is 10.0. The highest BCUT2D eigenvalue weighted by atomic mass is 35.5. The second-order valence-electron chi connectivity index (χ2n) is 6.41. The van der Waals surface area contributed by atoms with Crippen LogP contribution in [-0.4, -0.2) is 29.1 Å². The summed E-state index contributed by atoms with van der Waals surface area (Å²) in [6.07, 6.45) is 1.40. The number of hydrogen-bond donors (Lipinski definition) is 1. The van der Waals surface area contributed by atoms with Crippen molar-refractivity contribution in [3.63, 3.8) is 0 Å². The molecule has 1 heterocycles. The summed E-state index contributed by atoms with van der Waals surface area (Å²) >= 11 is 5.91. The molecule has 2 aromatic carbocycles. The highest BCUT2D eigenvalue weighted by Crippen LogP contribution is 2.32. The molecule has 1 aliphatic heterocycles. The number of nitrogens with one attached hydrogen (secondary N) is 1. The normalized spacial score (nSPS) is 14.7. The van der Waals surface area contributed by atoms with E-state index >= 15 is 0 Å². The number of benzene rings is 2. The van der Waals surface area contributed by atoms with E-state index in [1.165, 1.54) is 4.31 Å². The number of sulfonamides is 2. The van der Waals surface area contributed by atoms with Crippen molar-refractivity contribution >= 4 is 43.0 Å². The summed E-state index contributed by atoms with van der Waals surface area (Å²) in [5, 5.41) is 0.480. The first-order chi connectivity index (χ1) is 12.7. The van der Waals surface area contributed by atoms with Crippen LogP contribution in [0.4, 0.5) is 11.4 Å². The van der Waals surface area contributed by atoms with E-state index < -0.39 is 20.0 Å². The van der Waals surface area contributed by atoms with E-state index in [-0.39, 0.29) is 11.5 Å². The fourth-order valence-corrected chi connectivity index (χ4v) is 5.72. The average molecular weight is 429 g/mol. The molecular formula is C18H21ClN2O4S2. The van der Waals surface area contributed by atoms with Crippen LogP contribution in [0.5, 0.6) is 0 Å². The number of anilines is 2. The molecule has 0 radical (unpaired) electrons. The zero-order valence-corrected chi connectivity index (χ0v) is 17.2. The van der Waals surface area contributed by atoms with Gasteiger partial charge in [0.2, 0.25) is 20.0 Å². The van der Waals surface area contributed by atoms with Crippen molar-refractivity contribution in [2.24, 2.45) is 0 Å². The van der Waals surface area contributed by atoms with Crippen LogP contribution in [0.1, 0.15) is 24.5 Å². The number of aryl methyl sites for hydroxylation is 1. The molecular weight excluding hydrogens is 408 g/mol. The van der Waals surface area contributed by atoms with Gasteiger partial charge in [0.1, 0.15) is 0 Å². The van der Waals surface area contributed by atoms with Gasteiger partial charge in [-0.15, -0.1) is 0 Å². The smallest absolute Gasteiger partial charge is 0.236 e. The van der Waals surface area contributed by atoms with Crippen LogP contribution in [0.3, 0.4) is 0 Å². The lowest BCUT2D eigenvalue weighted by Crippen LogP contribution is -2.36. The molecule has 0 fully saturated rings. The van der Waals surface area contributed by atoms with E-state index in [1.807, 2.05) is 0 Å². The van der Waals surface area contributed by atoms with Crippen LogP contribution in [0.15, 0.2) is 42.5 Å². The van der Waals surface area contributed by atoms with Gasteiger partial charge in [0.05, 0.1) is 17.2 Å². The average Bonchev–Trinajstić information content (AvgIpc) is 2.60. The molecule has 1 aliphatic rings. The summed E-state index contributed by atoms with van der Waals surface area (Å²) < 4.78 is 53.4. The molecule has 9 heteroatoms. The van der Waals surface area contributed by atoms with Gasteiger partial charge in [-0.2, -0.15) is 0 Å². The quantitative estimate of drug-likeness (QED) is 0.764. The van der Waals surface area contributed by atoms with Crippen molar-refractivity contribution in [1.82, 2.24) is 0 Å². The minimum atomic E-state index is -3.62. The molecule has 0 aromatic heterocycles. The van der Waals surface area contributed by atoms with Crippen LogP contribution in [0.25, 0.3) is 0 Å². The third kappa shape index (κ3) is 4.75. The molecule has 6 nitrogen and oxygen atoms in total. The largest absolute Gasteiger partial charge is 0.283 e. The maximum atomic E-state index is 12.5. The van der Waals surface area contributed by atoms with Gasteiger partial charge in [-0.3, -0.25) is 9.03 Å². The van der Waals surface area contributed by atoms with E-state index in [1.54, 1.807) is 49.4 Å².